The fourth-order valence-corrected chi connectivity index (χ4v) is 11.4. The number of ketones is 4. The Balaban J connectivity index is 0.000000253. The summed E-state index contributed by atoms with van der Waals surface area (Å²) in [6, 6.07) is 63.4. The normalized spacial score (nSPS) is 10.6. The van der Waals surface area contributed by atoms with Crippen molar-refractivity contribution in [2.75, 3.05) is 33.0 Å². The van der Waals surface area contributed by atoms with Gasteiger partial charge in [0.1, 0.15) is 52.0 Å². The monoisotopic (exact) mass is 1630 g/mol. The summed E-state index contributed by atoms with van der Waals surface area (Å²) in [5.41, 5.74) is 18.1. The van der Waals surface area contributed by atoms with Crippen LogP contribution in [0.15, 0.2) is 212 Å². The van der Waals surface area contributed by atoms with Crippen LogP contribution in [-0.2, 0) is 87.1 Å². The number of carbonyl (C=O) groups is 12. The summed E-state index contributed by atoms with van der Waals surface area (Å²) in [4.78, 5) is 139. The van der Waals surface area contributed by atoms with E-state index in [1.54, 1.807) is 122 Å². The summed E-state index contributed by atoms with van der Waals surface area (Å²) < 4.78 is 31.2. The number of aryl methyl sites for hydroxylation is 5. The van der Waals surface area contributed by atoms with E-state index in [2.05, 4.69) is 30.4 Å². The van der Waals surface area contributed by atoms with Crippen molar-refractivity contribution in [3.05, 3.63) is 274 Å². The van der Waals surface area contributed by atoms with Crippen molar-refractivity contribution in [2.45, 2.75) is 95.0 Å². The van der Waals surface area contributed by atoms with Gasteiger partial charge < -0.3 is 34.7 Å². The molecule has 0 fully saturated rings. The van der Waals surface area contributed by atoms with Crippen molar-refractivity contribution in [3.8, 4) is 45.0 Å². The van der Waals surface area contributed by atoms with Gasteiger partial charge in [-0.05, 0) is 93.3 Å². The van der Waals surface area contributed by atoms with E-state index in [-0.39, 0.29) is 43.1 Å². The quantitative estimate of drug-likeness (QED) is 0.0134. The van der Waals surface area contributed by atoms with Gasteiger partial charge in [0.25, 0.3) is 17.1 Å². The molecule has 0 bridgehead atoms. The van der Waals surface area contributed by atoms with Crippen LogP contribution in [0.2, 0.25) is 0 Å². The highest BCUT2D eigenvalue weighted by atomic mass is 35.5. The lowest BCUT2D eigenvalue weighted by atomic mass is 9.94. The van der Waals surface area contributed by atoms with Crippen LogP contribution in [0, 0.1) is 33.6 Å². The molecular weight excluding hydrogens is 1530 g/mol. The summed E-state index contributed by atoms with van der Waals surface area (Å²) in [5, 5.41) is 19.8. The van der Waals surface area contributed by atoms with Crippen molar-refractivity contribution in [3.63, 3.8) is 0 Å². The smallest absolute Gasteiger partial charge is 0.342 e. The van der Waals surface area contributed by atoms with Crippen molar-refractivity contribution in [1.29, 1.82) is 0 Å². The topological polar surface area (TPSA) is 360 Å². The van der Waals surface area contributed by atoms with E-state index in [0.717, 1.165) is 44.9 Å². The number of nitrogens with zero attached hydrogens (tertiary/aromatic N) is 8. The molecule has 11 aromatic rings. The molecular formula is C90H99ClN10O17. The first kappa shape index (κ1) is 94.9. The Bertz CT molecular complexity index is 5060. The molecule has 618 valence electrons. The minimum Gasteiger partial charge on any atom is -0.466 e. The van der Waals surface area contributed by atoms with Gasteiger partial charge in [-0.2, -0.15) is 20.4 Å². The third kappa shape index (κ3) is 28.1. The molecule has 0 saturated heterocycles. The van der Waals surface area contributed by atoms with Gasteiger partial charge in [0.2, 0.25) is 5.78 Å². The minimum absolute atomic E-state index is 0.103. The van der Waals surface area contributed by atoms with Crippen LogP contribution in [0.1, 0.15) is 145 Å². The van der Waals surface area contributed by atoms with Crippen LogP contribution in [0.25, 0.3) is 45.0 Å². The number of carbonyl (C=O) groups excluding carboxylic acids is 12. The number of primary amides is 1. The van der Waals surface area contributed by atoms with Gasteiger partial charge in [-0.25, -0.2) is 14.4 Å². The summed E-state index contributed by atoms with van der Waals surface area (Å²) in [5.74, 6) is -7.11. The first-order chi connectivity index (χ1) is 56.4. The molecule has 0 radical (unpaired) electrons. The Hall–Kier alpha value is -13.7. The Morgan fingerprint density at radius 3 is 1.10 bits per heavy atom. The van der Waals surface area contributed by atoms with E-state index in [4.69, 9.17) is 36.3 Å². The molecule has 118 heavy (non-hydrogen) atoms. The number of hydrogen-bond acceptors (Lipinski definition) is 21. The second-order valence-electron chi connectivity index (χ2n) is 25.6. The Kier molecular flexibility index (Phi) is 39.0. The van der Waals surface area contributed by atoms with Gasteiger partial charge >= 0.3 is 29.8 Å². The molecule has 4 aromatic heterocycles. The van der Waals surface area contributed by atoms with Crippen molar-refractivity contribution >= 4 is 81.6 Å². The minimum atomic E-state index is -1.35. The van der Waals surface area contributed by atoms with Gasteiger partial charge in [-0.1, -0.05) is 212 Å². The maximum absolute atomic E-state index is 13.1. The SMILES string of the molecule is CCOC(=O)C(C(C)=O)C(=O)c1ccccc1.CCOC(=O)CC(C)=O.CCOC(=O)c1c(-c2ccccc2)nn(C)c1C.CCOC(=O)c1c(-c2ccccc2)nn(C)c1C.CCOC(=O)c1c(C)nn(C)c1-c1ccccc1.Cc1c(C(=O)NC(Cc2ccccc2)C(=O)C(N)=O)c(-c2ccccc2)nn1C.O=C(Cl)c1ccccc1. The number of hydrogen-bond donors (Lipinski definition) is 2. The third-order valence-corrected chi connectivity index (χ3v) is 17.4. The lowest BCUT2D eigenvalue weighted by Gasteiger charge is -2.17. The molecule has 0 aliphatic carbocycles. The van der Waals surface area contributed by atoms with E-state index in [9.17, 15) is 57.5 Å². The predicted octanol–water partition coefficient (Wildman–Crippen LogP) is 13.7. The van der Waals surface area contributed by atoms with Crippen LogP contribution in [0.5, 0.6) is 0 Å². The molecule has 3 N–H and O–H groups in total. The van der Waals surface area contributed by atoms with Gasteiger partial charge in [-0.15, -0.1) is 0 Å². The average Bonchev–Trinajstić information content (AvgIpc) is 1.67. The number of amides is 2. The number of nitrogens with two attached hydrogens (primary N) is 1. The summed E-state index contributed by atoms with van der Waals surface area (Å²) in [6.07, 6.45) is 0.0577. The van der Waals surface area contributed by atoms with Gasteiger partial charge in [-0.3, -0.25) is 61.9 Å². The molecule has 27 nitrogen and oxygen atoms in total. The molecule has 0 saturated carbocycles. The van der Waals surface area contributed by atoms with Crippen molar-refractivity contribution in [1.82, 2.24) is 44.4 Å². The molecule has 0 aliphatic heterocycles. The molecule has 28 heteroatoms. The summed E-state index contributed by atoms with van der Waals surface area (Å²) in [6.45, 7) is 20.2. The molecule has 2 unspecified atom stereocenters. The molecule has 0 aliphatic rings. The number of halogens is 1. The largest absolute Gasteiger partial charge is 0.466 e. The fourth-order valence-electron chi connectivity index (χ4n) is 11.3. The zero-order valence-corrected chi connectivity index (χ0v) is 69.5. The van der Waals surface area contributed by atoms with E-state index < -0.39 is 58.3 Å². The van der Waals surface area contributed by atoms with Crippen LogP contribution in [0.3, 0.4) is 0 Å². The van der Waals surface area contributed by atoms with E-state index >= 15 is 0 Å². The highest BCUT2D eigenvalue weighted by Gasteiger charge is 2.34. The van der Waals surface area contributed by atoms with Gasteiger partial charge in [0.05, 0.1) is 61.4 Å². The van der Waals surface area contributed by atoms with Crippen LogP contribution < -0.4 is 11.1 Å². The zero-order valence-electron chi connectivity index (χ0n) is 68.8. The fraction of sp³-hybridized carbons (Fsp3) is 0.267. The lowest BCUT2D eigenvalue weighted by molar-refractivity contribution is -0.149. The number of esters is 5. The standard InChI is InChI=1S/C22H22N4O3.3C14H16N2O2.C13H14O4.C7H5ClO.C6H10O3/c1-14-18(19(25-26(14)2)16-11-7-4-8-12-16)22(29)24-17(20(27)21(23)28)13-15-9-5-3-6-10-15;2*1-4-18-14(17)12-10(2)16(3)15-13(12)11-8-6-5-7-9-11;1-4-18-14(17)12-10(2)15-16(3)13(12)11-8-6-5-7-9-11;1-3-17-13(16)11(9(2)14)12(15)10-7-5-4-6-8-10;8-7(9)6-4-2-1-3-5-6;1-3-9-6(8)4-5(2)7/h3-12,17H,13H2,1-2H3,(H2,23,28)(H,24,29);3*5-9H,4H2,1-3H3;4-8,11H,3H2,1-2H3;1-5H;3-4H2,1-2H3. The number of ether oxygens (including phenoxy) is 5. The highest BCUT2D eigenvalue weighted by Crippen LogP contribution is 2.30. The van der Waals surface area contributed by atoms with Crippen LogP contribution >= 0.6 is 11.6 Å². The number of aromatic nitrogens is 8. The molecule has 2 atom stereocenters. The first-order valence-corrected chi connectivity index (χ1v) is 38.0. The van der Waals surface area contributed by atoms with Crippen molar-refractivity contribution in [2.24, 2.45) is 39.8 Å². The van der Waals surface area contributed by atoms with Crippen LogP contribution in [-0.4, -0.2) is 148 Å². The molecule has 11 rings (SSSR count). The summed E-state index contributed by atoms with van der Waals surface area (Å²) in [7, 11) is 7.22. The Labute approximate surface area is 690 Å². The number of nitrogens with one attached hydrogen (secondary N) is 1. The zero-order chi connectivity index (χ0) is 87.1. The maximum Gasteiger partial charge on any atom is 0.342 e. The number of rotatable bonds is 25. The van der Waals surface area contributed by atoms with Crippen molar-refractivity contribution < 1.29 is 81.2 Å². The maximum atomic E-state index is 13.1. The van der Waals surface area contributed by atoms with E-state index in [0.29, 0.717) is 88.3 Å². The van der Waals surface area contributed by atoms with Crippen LogP contribution in [0.4, 0.5) is 0 Å². The van der Waals surface area contributed by atoms with Gasteiger partial charge in [0, 0.05) is 73.7 Å². The molecule has 4 heterocycles. The molecule has 7 aromatic carbocycles. The Morgan fingerprint density at radius 2 is 0.754 bits per heavy atom. The third-order valence-electron chi connectivity index (χ3n) is 17.2. The average molecular weight is 1630 g/mol. The number of Topliss-reactive ketones (excluding diaryl/α,β-unsaturated/α-hetero) is 4. The molecule has 2 amide bonds. The molecule has 0 spiro atoms. The Morgan fingerprint density at radius 1 is 0.415 bits per heavy atom. The second-order valence-corrected chi connectivity index (χ2v) is 26.0. The highest BCUT2D eigenvalue weighted by molar-refractivity contribution is 6.67. The lowest BCUT2D eigenvalue weighted by Crippen LogP contribution is -2.47. The van der Waals surface area contributed by atoms with E-state index in [1.807, 2.05) is 200 Å². The van der Waals surface area contributed by atoms with E-state index in [1.165, 1.54) is 13.8 Å². The summed E-state index contributed by atoms with van der Waals surface area (Å²) >= 11 is 5.16. The number of benzene rings is 7. The van der Waals surface area contributed by atoms with Gasteiger partial charge in [0.15, 0.2) is 17.5 Å². The first-order valence-electron chi connectivity index (χ1n) is 37.6. The predicted molar refractivity (Wildman–Crippen MR) is 447 cm³/mol. The second kappa shape index (κ2) is 48.5.